The van der Waals surface area contributed by atoms with E-state index in [1.807, 2.05) is 23.0 Å². The molecule has 1 aliphatic heterocycles. The molecular formula is C16H21N5O2S. The van der Waals surface area contributed by atoms with E-state index in [-0.39, 0.29) is 11.3 Å². The SMILES string of the molecule is O=S(=O)(NC[C@@H]1CN(Cc2cccnc2)Cc2ccnn21)C1CC1. The lowest BCUT2D eigenvalue weighted by Gasteiger charge is -2.34. The lowest BCUT2D eigenvalue weighted by molar-refractivity contribution is 0.168. The average Bonchev–Trinajstić information content (AvgIpc) is 3.34. The first kappa shape index (κ1) is 15.7. The van der Waals surface area contributed by atoms with Crippen molar-refractivity contribution < 1.29 is 8.42 Å². The van der Waals surface area contributed by atoms with Crippen LogP contribution in [0.5, 0.6) is 0 Å². The minimum absolute atomic E-state index is 0.00828. The van der Waals surface area contributed by atoms with E-state index in [1.165, 1.54) is 0 Å². The van der Waals surface area contributed by atoms with Gasteiger partial charge in [0.05, 0.1) is 17.0 Å². The predicted octanol–water partition coefficient (Wildman–Crippen LogP) is 0.917. The number of sulfonamides is 1. The van der Waals surface area contributed by atoms with Gasteiger partial charge in [-0.2, -0.15) is 5.10 Å². The molecule has 3 heterocycles. The molecule has 0 radical (unpaired) electrons. The Labute approximate surface area is 141 Å². The highest BCUT2D eigenvalue weighted by atomic mass is 32.2. The molecule has 128 valence electrons. The lowest BCUT2D eigenvalue weighted by Crippen LogP contribution is -2.43. The number of nitrogens with zero attached hydrogens (tertiary/aromatic N) is 4. The summed E-state index contributed by atoms with van der Waals surface area (Å²) in [4.78, 5) is 6.47. The topological polar surface area (TPSA) is 80.1 Å². The highest BCUT2D eigenvalue weighted by Gasteiger charge is 2.36. The van der Waals surface area contributed by atoms with Crippen LogP contribution < -0.4 is 4.72 Å². The molecule has 0 bridgehead atoms. The number of nitrogens with one attached hydrogen (secondary N) is 1. The maximum absolute atomic E-state index is 12.1. The van der Waals surface area contributed by atoms with Gasteiger partial charge in [-0.05, 0) is 30.5 Å². The minimum atomic E-state index is -3.17. The Morgan fingerprint density at radius 2 is 2.12 bits per heavy atom. The average molecular weight is 347 g/mol. The third kappa shape index (κ3) is 3.35. The third-order valence-electron chi connectivity index (χ3n) is 4.57. The van der Waals surface area contributed by atoms with Crippen LogP contribution in [0.25, 0.3) is 0 Å². The fraction of sp³-hybridized carbons (Fsp3) is 0.500. The van der Waals surface area contributed by atoms with Crippen molar-refractivity contribution in [3.63, 3.8) is 0 Å². The lowest BCUT2D eigenvalue weighted by atomic mass is 10.1. The fourth-order valence-corrected chi connectivity index (χ4v) is 4.61. The van der Waals surface area contributed by atoms with Crippen LogP contribution in [0.3, 0.4) is 0 Å². The van der Waals surface area contributed by atoms with E-state index in [4.69, 9.17) is 0 Å². The van der Waals surface area contributed by atoms with Crippen molar-refractivity contribution in [2.45, 2.75) is 37.2 Å². The highest BCUT2D eigenvalue weighted by molar-refractivity contribution is 7.90. The van der Waals surface area contributed by atoms with E-state index in [9.17, 15) is 8.42 Å². The number of pyridine rings is 1. The molecule has 24 heavy (non-hydrogen) atoms. The van der Waals surface area contributed by atoms with Crippen molar-refractivity contribution in [2.75, 3.05) is 13.1 Å². The van der Waals surface area contributed by atoms with Gasteiger partial charge in [0, 0.05) is 44.8 Å². The van der Waals surface area contributed by atoms with Gasteiger partial charge < -0.3 is 0 Å². The van der Waals surface area contributed by atoms with Crippen molar-refractivity contribution in [3.05, 3.63) is 48.0 Å². The second-order valence-electron chi connectivity index (χ2n) is 6.54. The van der Waals surface area contributed by atoms with Crippen molar-refractivity contribution in [1.29, 1.82) is 0 Å². The van der Waals surface area contributed by atoms with E-state index >= 15 is 0 Å². The molecule has 1 atom stereocenters. The Morgan fingerprint density at radius 1 is 1.25 bits per heavy atom. The summed E-state index contributed by atoms with van der Waals surface area (Å²) in [7, 11) is -3.17. The van der Waals surface area contributed by atoms with Gasteiger partial charge in [0.1, 0.15) is 0 Å². The molecule has 0 amide bonds. The molecule has 2 aromatic heterocycles. The Bertz CT molecular complexity index is 801. The summed E-state index contributed by atoms with van der Waals surface area (Å²) in [5.74, 6) is 0. The van der Waals surface area contributed by atoms with E-state index < -0.39 is 10.0 Å². The van der Waals surface area contributed by atoms with Crippen LogP contribution in [0.2, 0.25) is 0 Å². The molecule has 0 unspecified atom stereocenters. The molecule has 8 heteroatoms. The molecule has 7 nitrogen and oxygen atoms in total. The van der Waals surface area contributed by atoms with Crippen molar-refractivity contribution in [1.82, 2.24) is 24.4 Å². The number of aromatic nitrogens is 3. The fourth-order valence-electron chi connectivity index (χ4n) is 3.19. The first-order valence-corrected chi connectivity index (χ1v) is 9.78. The smallest absolute Gasteiger partial charge is 0.214 e. The maximum Gasteiger partial charge on any atom is 0.214 e. The van der Waals surface area contributed by atoms with Gasteiger partial charge in [0.25, 0.3) is 0 Å². The van der Waals surface area contributed by atoms with Crippen LogP contribution >= 0.6 is 0 Å². The number of hydrogen-bond acceptors (Lipinski definition) is 5. The largest absolute Gasteiger partial charge is 0.291 e. The van der Waals surface area contributed by atoms with Crippen molar-refractivity contribution in [3.8, 4) is 0 Å². The quantitative estimate of drug-likeness (QED) is 0.840. The Hall–Kier alpha value is -1.77. The van der Waals surface area contributed by atoms with Gasteiger partial charge in [0.2, 0.25) is 10.0 Å². The molecule has 0 aromatic carbocycles. The monoisotopic (exact) mass is 347 g/mol. The molecule has 1 fully saturated rings. The Kier molecular flexibility index (Phi) is 4.11. The first-order chi connectivity index (χ1) is 11.6. The van der Waals surface area contributed by atoms with Gasteiger partial charge in [0.15, 0.2) is 0 Å². The van der Waals surface area contributed by atoms with Crippen LogP contribution in [-0.2, 0) is 23.1 Å². The zero-order chi connectivity index (χ0) is 16.6. The normalized spacial score (nSPS) is 21.6. The van der Waals surface area contributed by atoms with E-state index in [2.05, 4.69) is 25.8 Å². The van der Waals surface area contributed by atoms with E-state index in [0.29, 0.717) is 6.54 Å². The third-order valence-corrected chi connectivity index (χ3v) is 6.48. The van der Waals surface area contributed by atoms with Crippen LogP contribution in [0.1, 0.15) is 30.1 Å². The summed E-state index contributed by atoms with van der Waals surface area (Å²) in [6, 6.07) is 6.00. The molecule has 2 aromatic rings. The molecule has 0 spiro atoms. The highest BCUT2D eigenvalue weighted by Crippen LogP contribution is 2.28. The summed E-state index contributed by atoms with van der Waals surface area (Å²) in [6.07, 6.45) is 6.98. The van der Waals surface area contributed by atoms with Crippen LogP contribution in [-0.4, -0.2) is 46.4 Å². The van der Waals surface area contributed by atoms with Crippen LogP contribution in [0, 0.1) is 0 Å². The summed E-state index contributed by atoms with van der Waals surface area (Å²) < 4.78 is 28.9. The van der Waals surface area contributed by atoms with E-state index in [0.717, 1.165) is 43.7 Å². The minimum Gasteiger partial charge on any atom is -0.291 e. The molecule has 1 aliphatic carbocycles. The molecule has 1 N–H and O–H groups in total. The number of hydrogen-bond donors (Lipinski definition) is 1. The molecular weight excluding hydrogens is 326 g/mol. The van der Waals surface area contributed by atoms with Crippen LogP contribution in [0.4, 0.5) is 0 Å². The van der Waals surface area contributed by atoms with Crippen molar-refractivity contribution in [2.24, 2.45) is 0 Å². The number of rotatable bonds is 6. The van der Waals surface area contributed by atoms with Crippen LogP contribution in [0.15, 0.2) is 36.8 Å². The molecule has 1 saturated carbocycles. The molecule has 4 rings (SSSR count). The van der Waals surface area contributed by atoms with Gasteiger partial charge in [-0.1, -0.05) is 6.07 Å². The number of fused-ring (bicyclic) bond motifs is 1. The first-order valence-electron chi connectivity index (χ1n) is 8.24. The summed E-state index contributed by atoms with van der Waals surface area (Å²) in [5, 5.41) is 4.19. The Balaban J connectivity index is 1.47. The second kappa shape index (κ2) is 6.27. The molecule has 2 aliphatic rings. The van der Waals surface area contributed by atoms with Crippen molar-refractivity contribution >= 4 is 10.0 Å². The zero-order valence-electron chi connectivity index (χ0n) is 13.4. The van der Waals surface area contributed by atoms with Gasteiger partial charge in [-0.15, -0.1) is 0 Å². The summed E-state index contributed by atoms with van der Waals surface area (Å²) in [6.45, 7) is 2.75. The van der Waals surface area contributed by atoms with E-state index in [1.54, 1.807) is 12.4 Å². The standard InChI is InChI=1S/C16H21N5O2S/c22-24(23,16-3-4-16)19-9-15-12-20(10-13-2-1-6-17-8-13)11-14-5-7-18-21(14)15/h1-2,5-8,15-16,19H,3-4,9-12H2/t15-/m1/s1. The molecule has 0 saturated heterocycles. The second-order valence-corrected chi connectivity index (χ2v) is 8.59. The Morgan fingerprint density at radius 3 is 2.88 bits per heavy atom. The summed E-state index contributed by atoms with van der Waals surface area (Å²) in [5.41, 5.74) is 2.27. The van der Waals surface area contributed by atoms with Gasteiger partial charge in [-0.25, -0.2) is 13.1 Å². The summed E-state index contributed by atoms with van der Waals surface area (Å²) >= 11 is 0. The van der Waals surface area contributed by atoms with Gasteiger partial charge >= 0.3 is 0 Å². The zero-order valence-corrected chi connectivity index (χ0v) is 14.2. The predicted molar refractivity (Wildman–Crippen MR) is 89.6 cm³/mol. The maximum atomic E-state index is 12.1. The van der Waals surface area contributed by atoms with Gasteiger partial charge in [-0.3, -0.25) is 14.6 Å².